The van der Waals surface area contributed by atoms with E-state index in [1.165, 1.54) is 18.7 Å². The third kappa shape index (κ3) is 5.38. The molecule has 3 aromatic rings. The lowest BCUT2D eigenvalue weighted by Crippen LogP contribution is -2.48. The van der Waals surface area contributed by atoms with Gasteiger partial charge in [0, 0.05) is 32.2 Å². The molecule has 0 unspecified atom stereocenters. The number of hydrogen-bond donors (Lipinski definition) is 0. The van der Waals surface area contributed by atoms with Gasteiger partial charge in [0.1, 0.15) is 12.4 Å². The van der Waals surface area contributed by atoms with Crippen molar-refractivity contribution in [1.29, 1.82) is 0 Å². The number of aromatic nitrogens is 2. The number of nitrogens with zero attached hydrogens (tertiary/aromatic N) is 4. The Morgan fingerprint density at radius 3 is 2.67 bits per heavy atom. The van der Waals surface area contributed by atoms with Crippen molar-refractivity contribution in [3.05, 3.63) is 82.0 Å². The Kier molecular flexibility index (Phi) is 8.27. The molecule has 0 saturated carbocycles. The molecular weight excluding hydrogens is 576 g/mol. The van der Waals surface area contributed by atoms with Gasteiger partial charge >= 0.3 is 0 Å². The molecule has 0 N–H and O–H groups in total. The first kappa shape index (κ1) is 27.9. The molecule has 0 spiro atoms. The smallest absolute Gasteiger partial charge is 0.254 e. The fourth-order valence-electron chi connectivity index (χ4n) is 5.23. The van der Waals surface area contributed by atoms with Gasteiger partial charge < -0.3 is 24.0 Å². The summed E-state index contributed by atoms with van der Waals surface area (Å²) in [6, 6.07) is 13.2. The molecule has 2 aromatic carbocycles. The first-order valence-electron chi connectivity index (χ1n) is 13.3. The Hall–Kier alpha value is -3.63. The van der Waals surface area contributed by atoms with E-state index in [1.807, 2.05) is 4.68 Å². The molecule has 0 saturated heterocycles. The summed E-state index contributed by atoms with van der Waals surface area (Å²) in [7, 11) is 1.54. The zero-order chi connectivity index (χ0) is 28.4. The fraction of sp³-hybridized carbons (Fsp3) is 0.367. The Balaban J connectivity index is 1.56. The van der Waals surface area contributed by atoms with Crippen LogP contribution in [0, 0.1) is 0 Å². The van der Waals surface area contributed by atoms with Gasteiger partial charge in [0.05, 0.1) is 34.0 Å². The second kappa shape index (κ2) is 11.9. The zero-order valence-corrected chi connectivity index (χ0v) is 24.5. The summed E-state index contributed by atoms with van der Waals surface area (Å²) in [5, 5.41) is 4.87. The largest absolute Gasteiger partial charge is 0.474 e. The van der Waals surface area contributed by atoms with Crippen molar-refractivity contribution in [1.82, 2.24) is 19.6 Å². The van der Waals surface area contributed by atoms with Crippen molar-refractivity contribution in [3.8, 4) is 17.3 Å². The molecule has 0 fully saturated rings. The molecule has 40 heavy (non-hydrogen) atoms. The number of methoxy groups -OCH3 is 1. The van der Waals surface area contributed by atoms with Crippen LogP contribution in [0.5, 0.6) is 11.6 Å². The van der Waals surface area contributed by atoms with Crippen molar-refractivity contribution in [2.75, 3.05) is 40.1 Å². The van der Waals surface area contributed by atoms with Gasteiger partial charge in [-0.1, -0.05) is 32.6 Å². The summed E-state index contributed by atoms with van der Waals surface area (Å²) < 4.78 is 19.5. The summed E-state index contributed by atoms with van der Waals surface area (Å²) in [4.78, 5) is 30.2. The average molecular weight is 610 g/mol. The van der Waals surface area contributed by atoms with Crippen LogP contribution in [0.3, 0.4) is 0 Å². The van der Waals surface area contributed by atoms with E-state index in [-0.39, 0.29) is 18.6 Å². The first-order chi connectivity index (χ1) is 19.3. The lowest BCUT2D eigenvalue weighted by atomic mass is 9.95. The molecule has 0 bridgehead atoms. The third-order valence-corrected chi connectivity index (χ3v) is 8.00. The van der Waals surface area contributed by atoms with Crippen LogP contribution in [0.25, 0.3) is 5.69 Å². The van der Waals surface area contributed by atoms with Crippen LogP contribution in [0.4, 0.5) is 0 Å². The van der Waals surface area contributed by atoms with E-state index in [2.05, 4.69) is 60.6 Å². The predicted molar refractivity (Wildman–Crippen MR) is 154 cm³/mol. The van der Waals surface area contributed by atoms with Gasteiger partial charge in [-0.25, -0.2) is 4.68 Å². The maximum atomic E-state index is 14.0. The van der Waals surface area contributed by atoms with Crippen LogP contribution < -0.4 is 9.47 Å². The van der Waals surface area contributed by atoms with Gasteiger partial charge in [0.25, 0.3) is 5.91 Å². The van der Waals surface area contributed by atoms with Crippen LogP contribution in [-0.2, 0) is 16.0 Å². The average Bonchev–Trinajstić information content (AvgIpc) is 3.32. The normalized spacial score (nSPS) is 16.6. The summed E-state index contributed by atoms with van der Waals surface area (Å²) in [5.74, 6) is 1.05. The van der Waals surface area contributed by atoms with Crippen LogP contribution in [0.15, 0.2) is 59.6 Å². The zero-order valence-electron chi connectivity index (χ0n) is 22.9. The van der Waals surface area contributed by atoms with E-state index in [1.54, 1.807) is 28.0 Å². The number of ether oxygens (including phenoxy) is 3. The highest BCUT2D eigenvalue weighted by Gasteiger charge is 2.40. The van der Waals surface area contributed by atoms with Crippen LogP contribution in [0.2, 0.25) is 0 Å². The highest BCUT2D eigenvalue weighted by molar-refractivity contribution is 9.10. The summed E-state index contributed by atoms with van der Waals surface area (Å²) in [5.41, 5.74) is 4.47. The van der Waals surface area contributed by atoms with E-state index >= 15 is 0 Å². The van der Waals surface area contributed by atoms with Crippen molar-refractivity contribution < 1.29 is 23.8 Å². The van der Waals surface area contributed by atoms with Crippen LogP contribution in [0.1, 0.15) is 53.0 Å². The maximum absolute atomic E-state index is 14.0. The minimum absolute atomic E-state index is 0.0581. The minimum Gasteiger partial charge on any atom is -0.474 e. The molecule has 9 nitrogen and oxygen atoms in total. The number of carbonyl (C=O) groups is 2. The van der Waals surface area contributed by atoms with Crippen molar-refractivity contribution in [3.63, 3.8) is 0 Å². The minimum atomic E-state index is -0.453. The molecule has 1 aromatic heterocycles. The van der Waals surface area contributed by atoms with Gasteiger partial charge in [-0.2, -0.15) is 0 Å². The molecular formula is C30H33BrN4O5. The van der Waals surface area contributed by atoms with Gasteiger partial charge in [0.2, 0.25) is 11.8 Å². The van der Waals surface area contributed by atoms with Crippen molar-refractivity contribution in [2.45, 2.75) is 32.2 Å². The van der Waals surface area contributed by atoms with E-state index in [0.29, 0.717) is 55.8 Å². The monoisotopic (exact) mass is 608 g/mol. The summed E-state index contributed by atoms with van der Waals surface area (Å²) in [6.07, 6.45) is 1.88. The molecule has 0 radical (unpaired) electrons. The molecule has 210 valence electrons. The third-order valence-electron chi connectivity index (χ3n) is 7.34. The summed E-state index contributed by atoms with van der Waals surface area (Å²) in [6.45, 7) is 9.47. The quantitative estimate of drug-likeness (QED) is 0.280. The van der Waals surface area contributed by atoms with Crippen molar-refractivity contribution >= 4 is 27.7 Å². The Morgan fingerprint density at radius 1 is 1.20 bits per heavy atom. The molecule has 3 heterocycles. The first-order valence-corrected chi connectivity index (χ1v) is 14.1. The lowest BCUT2D eigenvalue weighted by molar-refractivity contribution is -0.127. The maximum Gasteiger partial charge on any atom is 0.254 e. The number of amides is 2. The van der Waals surface area contributed by atoms with Crippen LogP contribution in [-0.4, -0.2) is 71.5 Å². The lowest BCUT2D eigenvalue weighted by Gasteiger charge is -2.40. The number of rotatable bonds is 7. The number of benzene rings is 2. The fourth-order valence-corrected chi connectivity index (χ4v) is 5.59. The highest BCUT2D eigenvalue weighted by Crippen LogP contribution is 2.40. The molecule has 0 aliphatic carbocycles. The molecule has 2 amide bonds. The second-order valence-corrected chi connectivity index (χ2v) is 11.0. The highest BCUT2D eigenvalue weighted by atomic mass is 79.9. The topological polar surface area (TPSA) is 86.1 Å². The molecule has 2 aliphatic heterocycles. The van der Waals surface area contributed by atoms with Gasteiger partial charge in [-0.3, -0.25) is 9.59 Å². The van der Waals surface area contributed by atoms with Gasteiger partial charge in [0.15, 0.2) is 6.79 Å². The Bertz CT molecular complexity index is 1420. The van der Waals surface area contributed by atoms with Crippen molar-refractivity contribution in [2.24, 2.45) is 0 Å². The van der Waals surface area contributed by atoms with E-state index in [4.69, 9.17) is 19.3 Å². The second-order valence-electron chi connectivity index (χ2n) is 10.1. The number of halogens is 1. The van der Waals surface area contributed by atoms with Gasteiger partial charge in [-0.05, 0) is 63.8 Å². The molecule has 10 heteroatoms. The Morgan fingerprint density at radius 2 is 1.98 bits per heavy atom. The molecule has 2 aliphatic rings. The number of carbonyl (C=O) groups excluding carboxylic acids is 2. The van der Waals surface area contributed by atoms with E-state index < -0.39 is 6.04 Å². The van der Waals surface area contributed by atoms with Crippen LogP contribution >= 0.6 is 15.9 Å². The number of hydrogen-bond acceptors (Lipinski definition) is 6. The SMILES string of the molecule is C=CC(=O)N1CCOc2nn(-c3ccc(C(C)C)cc3)c3c2[C@H](C1)N(C(=O)c1ccc(Br)c(OCOC)c1)CC3. The predicted octanol–water partition coefficient (Wildman–Crippen LogP) is 4.89. The summed E-state index contributed by atoms with van der Waals surface area (Å²) >= 11 is 3.47. The Labute approximate surface area is 242 Å². The van der Waals surface area contributed by atoms with E-state index in [9.17, 15) is 9.59 Å². The molecule has 1 atom stereocenters. The molecule has 5 rings (SSSR count). The van der Waals surface area contributed by atoms with E-state index in [0.717, 1.165) is 21.4 Å². The standard InChI is InChI=1S/C30H33BrN4O5/c1-5-27(36)33-14-15-39-29-28-24(35(32-29)22-9-6-20(7-10-22)19(2)3)12-13-34(25(28)17-33)30(37)21-8-11-23(31)26(16-21)40-18-38-4/h5-11,16,19,25H,1,12-15,17-18H2,2-4H3/t25-/m0/s1. The van der Waals surface area contributed by atoms with Gasteiger partial charge in [-0.15, -0.1) is 5.10 Å².